The Morgan fingerprint density at radius 2 is 1.94 bits per heavy atom. The molecule has 1 amide bonds. The minimum absolute atomic E-state index is 0.196. The second kappa shape index (κ2) is 8.98. The van der Waals surface area contributed by atoms with E-state index in [4.69, 9.17) is 10.8 Å². The van der Waals surface area contributed by atoms with Gasteiger partial charge in [0.1, 0.15) is 6.04 Å². The molecule has 4 N–H and O–H groups in total. The number of nitrogens with two attached hydrogens (primary N) is 1. The number of aliphatic carboxylic acids is 1. The Morgan fingerprint density at radius 3 is 2.41 bits per heavy atom. The summed E-state index contributed by atoms with van der Waals surface area (Å²) < 4.78 is 0. The first-order chi connectivity index (χ1) is 8.01. The van der Waals surface area contributed by atoms with Crippen LogP contribution in [0.4, 0.5) is 0 Å². The molecule has 0 aromatic carbocycles. The third-order valence-corrected chi connectivity index (χ3v) is 2.80. The Morgan fingerprint density at radius 1 is 1.29 bits per heavy atom. The summed E-state index contributed by atoms with van der Waals surface area (Å²) >= 11 is 0. The summed E-state index contributed by atoms with van der Waals surface area (Å²) in [7, 11) is 0. The molecule has 0 heterocycles. The minimum Gasteiger partial charge on any atom is -0.480 e. The van der Waals surface area contributed by atoms with Gasteiger partial charge in [-0.25, -0.2) is 0 Å². The number of carboxylic acids is 1. The van der Waals surface area contributed by atoms with Crippen LogP contribution in [0.25, 0.3) is 0 Å². The van der Waals surface area contributed by atoms with E-state index in [0.717, 1.165) is 25.7 Å². The molecular formula is C12H24N2O3. The zero-order chi connectivity index (χ0) is 13.3. The van der Waals surface area contributed by atoms with Crippen LogP contribution in [-0.4, -0.2) is 29.6 Å². The number of amides is 1. The van der Waals surface area contributed by atoms with Crippen LogP contribution in [0.5, 0.6) is 0 Å². The van der Waals surface area contributed by atoms with Gasteiger partial charge in [0.25, 0.3) is 0 Å². The molecule has 0 saturated heterocycles. The van der Waals surface area contributed by atoms with Crippen LogP contribution in [0.1, 0.15) is 46.0 Å². The first-order valence-corrected chi connectivity index (χ1v) is 6.23. The van der Waals surface area contributed by atoms with Gasteiger partial charge in [-0.2, -0.15) is 0 Å². The van der Waals surface area contributed by atoms with Crippen molar-refractivity contribution < 1.29 is 14.7 Å². The summed E-state index contributed by atoms with van der Waals surface area (Å²) in [6.45, 7) is 4.21. The molecule has 0 rings (SSSR count). The predicted octanol–water partition coefficient (Wildman–Crippen LogP) is 1.12. The fourth-order valence-electron chi connectivity index (χ4n) is 1.79. The normalized spacial score (nSPS) is 14.1. The maximum Gasteiger partial charge on any atom is 0.325 e. The number of hydrogen-bond donors (Lipinski definition) is 3. The van der Waals surface area contributed by atoms with Crippen LogP contribution in [0.3, 0.4) is 0 Å². The zero-order valence-electron chi connectivity index (χ0n) is 10.7. The fraction of sp³-hybridized carbons (Fsp3) is 0.833. The highest BCUT2D eigenvalue weighted by molar-refractivity contribution is 5.83. The van der Waals surface area contributed by atoms with Crippen LogP contribution in [0.15, 0.2) is 0 Å². The van der Waals surface area contributed by atoms with Gasteiger partial charge in [0.2, 0.25) is 5.91 Å². The van der Waals surface area contributed by atoms with Gasteiger partial charge in [-0.05, 0) is 32.2 Å². The largest absolute Gasteiger partial charge is 0.480 e. The van der Waals surface area contributed by atoms with E-state index in [1.807, 2.05) is 0 Å². The minimum atomic E-state index is -1.01. The smallest absolute Gasteiger partial charge is 0.325 e. The molecule has 1 unspecified atom stereocenters. The lowest BCUT2D eigenvalue weighted by molar-refractivity contribution is -0.141. The van der Waals surface area contributed by atoms with E-state index in [2.05, 4.69) is 12.2 Å². The third-order valence-electron chi connectivity index (χ3n) is 2.80. The van der Waals surface area contributed by atoms with E-state index in [9.17, 15) is 9.59 Å². The summed E-state index contributed by atoms with van der Waals surface area (Å²) in [4.78, 5) is 22.0. The van der Waals surface area contributed by atoms with Gasteiger partial charge >= 0.3 is 5.97 Å². The second-order valence-corrected chi connectivity index (χ2v) is 4.40. The Balaban J connectivity index is 3.90. The van der Waals surface area contributed by atoms with Crippen molar-refractivity contribution in [2.45, 2.75) is 52.0 Å². The molecule has 2 atom stereocenters. The molecule has 0 saturated carbocycles. The number of rotatable bonds is 9. The Bertz CT molecular complexity index is 238. The van der Waals surface area contributed by atoms with E-state index >= 15 is 0 Å². The van der Waals surface area contributed by atoms with Gasteiger partial charge in [0.15, 0.2) is 0 Å². The van der Waals surface area contributed by atoms with Crippen LogP contribution in [0, 0.1) is 5.92 Å². The average Bonchev–Trinajstić information content (AvgIpc) is 2.26. The van der Waals surface area contributed by atoms with Crippen LogP contribution >= 0.6 is 0 Å². The van der Waals surface area contributed by atoms with Crippen molar-refractivity contribution >= 4 is 11.9 Å². The fourth-order valence-corrected chi connectivity index (χ4v) is 1.79. The molecule has 0 aromatic rings. The van der Waals surface area contributed by atoms with Gasteiger partial charge in [0, 0.05) is 6.42 Å². The average molecular weight is 244 g/mol. The lowest BCUT2D eigenvalue weighted by atomic mass is 9.94. The molecule has 0 aliphatic carbocycles. The van der Waals surface area contributed by atoms with Crippen molar-refractivity contribution in [1.29, 1.82) is 0 Å². The highest BCUT2D eigenvalue weighted by Crippen LogP contribution is 2.16. The van der Waals surface area contributed by atoms with Crippen molar-refractivity contribution in [2.75, 3.05) is 6.54 Å². The highest BCUT2D eigenvalue weighted by Gasteiger charge is 2.15. The molecule has 0 aliphatic heterocycles. The number of carbonyl (C=O) groups excluding carboxylic acids is 1. The van der Waals surface area contributed by atoms with E-state index < -0.39 is 12.0 Å². The number of hydrogen-bond acceptors (Lipinski definition) is 3. The summed E-state index contributed by atoms with van der Waals surface area (Å²) in [5, 5.41) is 11.1. The van der Waals surface area contributed by atoms with Gasteiger partial charge in [0.05, 0.1) is 0 Å². The Hall–Kier alpha value is -1.10. The van der Waals surface area contributed by atoms with Crippen molar-refractivity contribution in [2.24, 2.45) is 11.7 Å². The first kappa shape index (κ1) is 15.9. The molecule has 0 aliphatic rings. The van der Waals surface area contributed by atoms with Crippen molar-refractivity contribution in [1.82, 2.24) is 5.32 Å². The summed E-state index contributed by atoms with van der Waals surface area (Å²) in [5.41, 5.74) is 5.51. The van der Waals surface area contributed by atoms with Gasteiger partial charge < -0.3 is 16.2 Å². The van der Waals surface area contributed by atoms with Gasteiger partial charge in [-0.3, -0.25) is 9.59 Å². The monoisotopic (exact) mass is 244 g/mol. The van der Waals surface area contributed by atoms with Crippen molar-refractivity contribution in [3.8, 4) is 0 Å². The van der Waals surface area contributed by atoms with Crippen molar-refractivity contribution in [3.63, 3.8) is 0 Å². The quantitative estimate of drug-likeness (QED) is 0.566. The lowest BCUT2D eigenvalue weighted by Crippen LogP contribution is -2.38. The molecule has 0 radical (unpaired) electrons. The van der Waals surface area contributed by atoms with Gasteiger partial charge in [-0.1, -0.05) is 19.8 Å². The maximum atomic E-state index is 11.5. The molecule has 100 valence electrons. The summed E-state index contributed by atoms with van der Waals surface area (Å²) in [6, 6.07) is -0.818. The van der Waals surface area contributed by atoms with Crippen LogP contribution in [-0.2, 0) is 9.59 Å². The van der Waals surface area contributed by atoms with Crippen LogP contribution in [0.2, 0.25) is 0 Å². The topological polar surface area (TPSA) is 92.4 Å². The third kappa shape index (κ3) is 7.74. The molecule has 5 nitrogen and oxygen atoms in total. The first-order valence-electron chi connectivity index (χ1n) is 6.23. The number of nitrogens with one attached hydrogen (secondary N) is 1. The Labute approximate surface area is 103 Å². The zero-order valence-corrected chi connectivity index (χ0v) is 10.7. The molecule has 5 heteroatoms. The predicted molar refractivity (Wildman–Crippen MR) is 66.5 cm³/mol. The SMILES string of the molecule is CCCC(CCN)CCC(=O)N[C@@H](C)C(=O)O. The lowest BCUT2D eigenvalue weighted by Gasteiger charge is -2.15. The molecule has 0 spiro atoms. The molecule has 17 heavy (non-hydrogen) atoms. The second-order valence-electron chi connectivity index (χ2n) is 4.40. The van der Waals surface area contributed by atoms with Gasteiger partial charge in [-0.15, -0.1) is 0 Å². The van der Waals surface area contributed by atoms with E-state index in [1.54, 1.807) is 0 Å². The highest BCUT2D eigenvalue weighted by atomic mass is 16.4. The number of carbonyl (C=O) groups is 2. The summed E-state index contributed by atoms with van der Waals surface area (Å²) in [6.07, 6.45) is 4.23. The molecule has 0 aromatic heterocycles. The standard InChI is InChI=1S/C12H24N2O3/c1-3-4-10(7-8-13)5-6-11(15)14-9(2)12(16)17/h9-10H,3-8,13H2,1-2H3,(H,14,15)(H,16,17)/t9-,10?/m0/s1. The maximum absolute atomic E-state index is 11.5. The number of carboxylic acid groups (broad SMARTS) is 1. The van der Waals surface area contributed by atoms with E-state index in [0.29, 0.717) is 18.9 Å². The van der Waals surface area contributed by atoms with Crippen LogP contribution < -0.4 is 11.1 Å². The molecular weight excluding hydrogens is 220 g/mol. The Kier molecular flexibility index (Phi) is 8.40. The van der Waals surface area contributed by atoms with E-state index in [-0.39, 0.29) is 5.91 Å². The van der Waals surface area contributed by atoms with E-state index in [1.165, 1.54) is 6.92 Å². The molecule has 0 fully saturated rings. The molecule has 0 bridgehead atoms. The van der Waals surface area contributed by atoms with Crippen molar-refractivity contribution in [3.05, 3.63) is 0 Å². The summed E-state index contributed by atoms with van der Waals surface area (Å²) in [5.74, 6) is -0.737.